The first-order valence-corrected chi connectivity index (χ1v) is 5.49. The molecule has 78 valence electrons. The Morgan fingerprint density at radius 2 is 1.87 bits per heavy atom. The number of pyridine rings is 1. The molecular formula is C9H7NO4S. The molecule has 0 saturated heterocycles. The fourth-order valence-corrected chi connectivity index (χ4v) is 1.81. The molecule has 6 heteroatoms. The summed E-state index contributed by atoms with van der Waals surface area (Å²) in [5.74, 6) is -0.559. The maximum absolute atomic E-state index is 10.8. The SMILES string of the molecule is O=S(=O)(O)c1nc2ccccc2cc1O. The summed E-state index contributed by atoms with van der Waals surface area (Å²) in [5, 5.41) is 9.22. The fraction of sp³-hybridized carbons (Fsp3) is 0. The second kappa shape index (κ2) is 3.18. The molecule has 0 atom stereocenters. The Morgan fingerprint density at radius 1 is 1.20 bits per heavy atom. The van der Waals surface area contributed by atoms with Gasteiger partial charge < -0.3 is 5.11 Å². The van der Waals surface area contributed by atoms with E-state index in [0.29, 0.717) is 10.9 Å². The van der Waals surface area contributed by atoms with Crippen molar-refractivity contribution in [3.8, 4) is 5.75 Å². The first-order chi connectivity index (χ1) is 6.98. The van der Waals surface area contributed by atoms with Crippen LogP contribution in [0.1, 0.15) is 0 Å². The molecule has 0 aliphatic heterocycles. The molecule has 0 aliphatic carbocycles. The van der Waals surface area contributed by atoms with E-state index in [0.717, 1.165) is 0 Å². The zero-order valence-corrected chi connectivity index (χ0v) is 8.27. The van der Waals surface area contributed by atoms with Gasteiger partial charge in [-0.1, -0.05) is 18.2 Å². The molecule has 2 N–H and O–H groups in total. The molecule has 0 unspecified atom stereocenters. The van der Waals surface area contributed by atoms with Crippen LogP contribution in [-0.4, -0.2) is 23.1 Å². The van der Waals surface area contributed by atoms with Crippen LogP contribution in [0.2, 0.25) is 0 Å². The van der Waals surface area contributed by atoms with Gasteiger partial charge in [-0.3, -0.25) is 4.55 Å². The Labute approximate surface area is 85.8 Å². The molecule has 0 saturated carbocycles. The van der Waals surface area contributed by atoms with E-state index in [4.69, 9.17) is 4.55 Å². The molecule has 1 aromatic carbocycles. The highest BCUT2D eigenvalue weighted by Gasteiger charge is 2.17. The van der Waals surface area contributed by atoms with Gasteiger partial charge in [-0.15, -0.1) is 0 Å². The third-order valence-electron chi connectivity index (χ3n) is 1.91. The van der Waals surface area contributed by atoms with Gasteiger partial charge in [-0.05, 0) is 12.1 Å². The molecule has 1 heterocycles. The Hall–Kier alpha value is -1.66. The van der Waals surface area contributed by atoms with Crippen molar-refractivity contribution in [2.24, 2.45) is 0 Å². The zero-order valence-electron chi connectivity index (χ0n) is 7.45. The normalized spacial score (nSPS) is 11.8. The quantitative estimate of drug-likeness (QED) is 0.712. The van der Waals surface area contributed by atoms with Crippen molar-refractivity contribution in [1.82, 2.24) is 4.98 Å². The minimum atomic E-state index is -4.49. The molecule has 15 heavy (non-hydrogen) atoms. The third-order valence-corrected chi connectivity index (χ3v) is 2.70. The fourth-order valence-electron chi connectivity index (χ4n) is 1.28. The lowest BCUT2D eigenvalue weighted by Gasteiger charge is -2.02. The predicted octanol–water partition coefficient (Wildman–Crippen LogP) is 1.19. The minimum Gasteiger partial charge on any atom is -0.505 e. The lowest BCUT2D eigenvalue weighted by molar-refractivity contribution is 0.437. The van der Waals surface area contributed by atoms with E-state index in [9.17, 15) is 13.5 Å². The molecule has 2 aromatic rings. The molecular weight excluding hydrogens is 218 g/mol. The molecule has 0 aliphatic rings. The lowest BCUT2D eigenvalue weighted by Crippen LogP contribution is -2.01. The third kappa shape index (κ3) is 1.77. The number of aromatic nitrogens is 1. The van der Waals surface area contributed by atoms with Crippen LogP contribution in [0.25, 0.3) is 10.9 Å². The van der Waals surface area contributed by atoms with Crippen LogP contribution >= 0.6 is 0 Å². The van der Waals surface area contributed by atoms with Crippen LogP contribution in [0.5, 0.6) is 5.75 Å². The highest BCUT2D eigenvalue weighted by molar-refractivity contribution is 7.85. The summed E-state index contributed by atoms with van der Waals surface area (Å²) in [4.78, 5) is 3.66. The van der Waals surface area contributed by atoms with Crippen molar-refractivity contribution < 1.29 is 18.1 Å². The first-order valence-electron chi connectivity index (χ1n) is 4.05. The molecule has 0 bridgehead atoms. The van der Waals surface area contributed by atoms with Crippen LogP contribution in [0, 0.1) is 0 Å². The van der Waals surface area contributed by atoms with E-state index in [-0.39, 0.29) is 0 Å². The van der Waals surface area contributed by atoms with Gasteiger partial charge in [0, 0.05) is 5.39 Å². The Balaban J connectivity index is 2.84. The van der Waals surface area contributed by atoms with Gasteiger partial charge in [0.25, 0.3) is 0 Å². The van der Waals surface area contributed by atoms with E-state index in [1.165, 1.54) is 6.07 Å². The topological polar surface area (TPSA) is 87.5 Å². The second-order valence-corrected chi connectivity index (χ2v) is 4.32. The number of nitrogens with zero attached hydrogens (tertiary/aromatic N) is 1. The van der Waals surface area contributed by atoms with Gasteiger partial charge >= 0.3 is 10.1 Å². The lowest BCUT2D eigenvalue weighted by atomic mass is 10.2. The van der Waals surface area contributed by atoms with Gasteiger partial charge in [-0.2, -0.15) is 8.42 Å². The van der Waals surface area contributed by atoms with E-state index < -0.39 is 20.9 Å². The predicted molar refractivity (Wildman–Crippen MR) is 53.2 cm³/mol. The largest absolute Gasteiger partial charge is 0.505 e. The Morgan fingerprint density at radius 3 is 2.53 bits per heavy atom. The number of benzene rings is 1. The summed E-state index contributed by atoms with van der Waals surface area (Å²) in [5.41, 5.74) is 0.392. The maximum Gasteiger partial charge on any atom is 0.315 e. The molecule has 2 rings (SSSR count). The average Bonchev–Trinajstić information content (AvgIpc) is 2.15. The first kappa shape index (κ1) is 9.88. The monoisotopic (exact) mass is 225 g/mol. The summed E-state index contributed by atoms with van der Waals surface area (Å²) in [6.07, 6.45) is 0. The number of fused-ring (bicyclic) bond motifs is 1. The Kier molecular flexibility index (Phi) is 2.09. The van der Waals surface area contributed by atoms with Crippen molar-refractivity contribution in [1.29, 1.82) is 0 Å². The van der Waals surface area contributed by atoms with Gasteiger partial charge in [0.15, 0.2) is 5.75 Å². The smallest absolute Gasteiger partial charge is 0.315 e. The van der Waals surface area contributed by atoms with Gasteiger partial charge in [-0.25, -0.2) is 4.98 Å². The number of hydrogen-bond donors (Lipinski definition) is 2. The van der Waals surface area contributed by atoms with Crippen LogP contribution in [0.15, 0.2) is 35.4 Å². The van der Waals surface area contributed by atoms with Gasteiger partial charge in [0.1, 0.15) is 0 Å². The molecule has 0 amide bonds. The highest BCUT2D eigenvalue weighted by Crippen LogP contribution is 2.24. The summed E-state index contributed by atoms with van der Waals surface area (Å²) >= 11 is 0. The summed E-state index contributed by atoms with van der Waals surface area (Å²) in [6, 6.07) is 7.92. The zero-order chi connectivity index (χ0) is 11.1. The number of rotatable bonds is 1. The van der Waals surface area contributed by atoms with E-state index >= 15 is 0 Å². The molecule has 0 fully saturated rings. The average molecular weight is 225 g/mol. The van der Waals surface area contributed by atoms with Crippen LogP contribution in [0.4, 0.5) is 0 Å². The summed E-state index contributed by atoms with van der Waals surface area (Å²) in [7, 11) is -4.49. The number of para-hydroxylation sites is 1. The summed E-state index contributed by atoms with van der Waals surface area (Å²) < 4.78 is 30.4. The van der Waals surface area contributed by atoms with Crippen LogP contribution in [0.3, 0.4) is 0 Å². The molecule has 1 aromatic heterocycles. The van der Waals surface area contributed by atoms with E-state index in [2.05, 4.69) is 4.98 Å². The van der Waals surface area contributed by atoms with Crippen molar-refractivity contribution >= 4 is 21.0 Å². The standard InChI is InChI=1S/C9H7NO4S/c11-8-5-6-3-1-2-4-7(6)10-9(8)15(12,13)14/h1-5,11H,(H,12,13,14). The molecule has 0 spiro atoms. The molecule has 5 nitrogen and oxygen atoms in total. The van der Waals surface area contributed by atoms with Crippen molar-refractivity contribution in [2.45, 2.75) is 5.03 Å². The summed E-state index contributed by atoms with van der Waals surface area (Å²) in [6.45, 7) is 0. The Bertz CT molecular complexity index is 621. The van der Waals surface area contributed by atoms with E-state index in [1.54, 1.807) is 24.3 Å². The van der Waals surface area contributed by atoms with Gasteiger partial charge in [0.2, 0.25) is 5.03 Å². The van der Waals surface area contributed by atoms with Crippen LogP contribution in [-0.2, 0) is 10.1 Å². The van der Waals surface area contributed by atoms with Crippen molar-refractivity contribution in [2.75, 3.05) is 0 Å². The van der Waals surface area contributed by atoms with Crippen molar-refractivity contribution in [3.05, 3.63) is 30.3 Å². The van der Waals surface area contributed by atoms with Crippen LogP contribution < -0.4 is 0 Å². The van der Waals surface area contributed by atoms with E-state index in [1.807, 2.05) is 0 Å². The molecule has 0 radical (unpaired) electrons. The number of hydrogen-bond acceptors (Lipinski definition) is 4. The minimum absolute atomic E-state index is 0.392. The maximum atomic E-state index is 10.8. The second-order valence-electron chi connectivity index (χ2n) is 2.98. The highest BCUT2D eigenvalue weighted by atomic mass is 32.2. The van der Waals surface area contributed by atoms with Crippen molar-refractivity contribution in [3.63, 3.8) is 0 Å². The van der Waals surface area contributed by atoms with Gasteiger partial charge in [0.05, 0.1) is 5.52 Å². The number of aromatic hydroxyl groups is 1.